The van der Waals surface area contributed by atoms with Gasteiger partial charge in [-0.3, -0.25) is 4.90 Å². The Labute approximate surface area is 133 Å². The van der Waals surface area contributed by atoms with Crippen molar-refractivity contribution in [3.63, 3.8) is 0 Å². The van der Waals surface area contributed by atoms with Gasteiger partial charge in [-0.15, -0.1) is 0 Å². The maximum Gasteiger partial charge on any atom is 0.410 e. The summed E-state index contributed by atoms with van der Waals surface area (Å²) in [4.78, 5) is 19.7. The van der Waals surface area contributed by atoms with Crippen molar-refractivity contribution in [2.75, 3.05) is 20.1 Å². The largest absolute Gasteiger partial charge is 0.444 e. The van der Waals surface area contributed by atoms with E-state index in [-0.39, 0.29) is 12.1 Å². The Morgan fingerprint density at radius 2 is 2.05 bits per heavy atom. The van der Waals surface area contributed by atoms with Crippen LogP contribution in [-0.4, -0.2) is 52.7 Å². The lowest BCUT2D eigenvalue weighted by Gasteiger charge is -2.39. The van der Waals surface area contributed by atoms with Crippen LogP contribution in [0.3, 0.4) is 0 Å². The van der Waals surface area contributed by atoms with Gasteiger partial charge in [0, 0.05) is 44.1 Å². The fourth-order valence-electron chi connectivity index (χ4n) is 2.94. The van der Waals surface area contributed by atoms with Gasteiger partial charge < -0.3 is 14.6 Å². The summed E-state index contributed by atoms with van der Waals surface area (Å²) < 4.78 is 5.45. The van der Waals surface area contributed by atoms with Crippen molar-refractivity contribution in [1.29, 1.82) is 0 Å². The van der Waals surface area contributed by atoms with Crippen molar-refractivity contribution >= 4 is 6.09 Å². The first kappa shape index (κ1) is 16.9. The second-order valence-electron chi connectivity index (χ2n) is 7.16. The molecule has 0 aromatic carbocycles. The lowest BCUT2D eigenvalue weighted by atomic mass is 10.0. The molecule has 0 bridgehead atoms. The average molecular weight is 307 g/mol. The molecule has 1 aliphatic rings. The number of H-pyrrole nitrogens is 1. The summed E-state index contributed by atoms with van der Waals surface area (Å²) in [6, 6.07) is 4.82. The summed E-state index contributed by atoms with van der Waals surface area (Å²) in [5, 5.41) is 0. The summed E-state index contributed by atoms with van der Waals surface area (Å²) in [6.45, 7) is 9.93. The Kier molecular flexibility index (Phi) is 5.16. The Hall–Kier alpha value is -1.49. The van der Waals surface area contributed by atoms with Crippen molar-refractivity contribution in [3.8, 4) is 0 Å². The van der Waals surface area contributed by atoms with Crippen LogP contribution in [0, 0.1) is 0 Å². The van der Waals surface area contributed by atoms with E-state index < -0.39 is 5.60 Å². The normalized spacial score (nSPS) is 19.0. The van der Waals surface area contributed by atoms with E-state index in [1.165, 1.54) is 5.69 Å². The highest BCUT2D eigenvalue weighted by Gasteiger charge is 2.30. The molecule has 1 saturated heterocycles. The molecule has 0 spiro atoms. The van der Waals surface area contributed by atoms with Crippen molar-refractivity contribution in [3.05, 3.63) is 24.0 Å². The van der Waals surface area contributed by atoms with Crippen LogP contribution in [0.4, 0.5) is 4.79 Å². The molecule has 2 heterocycles. The molecule has 0 aliphatic carbocycles. The van der Waals surface area contributed by atoms with Gasteiger partial charge in [0.15, 0.2) is 0 Å². The molecule has 5 nitrogen and oxygen atoms in total. The Bertz CT molecular complexity index is 471. The fraction of sp³-hybridized carbons (Fsp3) is 0.706. The van der Waals surface area contributed by atoms with Crippen LogP contribution in [0.15, 0.2) is 18.3 Å². The first-order valence-corrected chi connectivity index (χ1v) is 8.11. The number of nitrogens with one attached hydrogen (secondary N) is 1. The van der Waals surface area contributed by atoms with Crippen LogP contribution >= 0.6 is 0 Å². The van der Waals surface area contributed by atoms with E-state index in [1.54, 1.807) is 4.90 Å². The van der Waals surface area contributed by atoms with E-state index in [0.29, 0.717) is 6.04 Å². The SMILES string of the molecule is CC(c1ccc[nH]1)N1CCC(N(C)C(=O)OC(C)(C)C)CC1. The van der Waals surface area contributed by atoms with Gasteiger partial charge in [0.25, 0.3) is 0 Å². The Morgan fingerprint density at radius 1 is 1.41 bits per heavy atom. The Balaban J connectivity index is 1.85. The number of aromatic amines is 1. The second-order valence-corrected chi connectivity index (χ2v) is 7.16. The number of amides is 1. The third-order valence-corrected chi connectivity index (χ3v) is 4.35. The van der Waals surface area contributed by atoms with E-state index in [2.05, 4.69) is 22.9 Å². The van der Waals surface area contributed by atoms with Crippen LogP contribution < -0.4 is 0 Å². The molecule has 1 N–H and O–H groups in total. The minimum Gasteiger partial charge on any atom is -0.444 e. The van der Waals surface area contributed by atoms with Crippen molar-refractivity contribution in [1.82, 2.24) is 14.8 Å². The van der Waals surface area contributed by atoms with Crippen molar-refractivity contribution in [2.24, 2.45) is 0 Å². The quantitative estimate of drug-likeness (QED) is 0.931. The fourth-order valence-corrected chi connectivity index (χ4v) is 2.94. The number of aromatic nitrogens is 1. The standard InChI is InChI=1S/C17H29N3O2/c1-13(15-7-6-10-18-15)20-11-8-14(9-12-20)19(5)16(21)22-17(2,3)4/h6-7,10,13-14,18H,8-9,11-12H2,1-5H3. The van der Waals surface area contributed by atoms with Gasteiger partial charge in [-0.25, -0.2) is 4.79 Å². The van der Waals surface area contributed by atoms with Crippen molar-refractivity contribution < 1.29 is 9.53 Å². The van der Waals surface area contributed by atoms with Crippen LogP contribution in [0.5, 0.6) is 0 Å². The molecule has 124 valence electrons. The molecule has 1 fully saturated rings. The predicted molar refractivity (Wildman–Crippen MR) is 87.8 cm³/mol. The monoisotopic (exact) mass is 307 g/mol. The van der Waals surface area contributed by atoms with Crippen LogP contribution in [-0.2, 0) is 4.74 Å². The minimum atomic E-state index is -0.436. The van der Waals surface area contributed by atoms with E-state index >= 15 is 0 Å². The van der Waals surface area contributed by atoms with Crippen LogP contribution in [0.2, 0.25) is 0 Å². The summed E-state index contributed by atoms with van der Waals surface area (Å²) in [6.07, 6.45) is 3.72. The van der Waals surface area contributed by atoms with Gasteiger partial charge in [0.05, 0.1) is 0 Å². The lowest BCUT2D eigenvalue weighted by Crippen LogP contribution is -2.47. The third-order valence-electron chi connectivity index (χ3n) is 4.35. The highest BCUT2D eigenvalue weighted by atomic mass is 16.6. The Morgan fingerprint density at radius 3 is 2.55 bits per heavy atom. The molecule has 0 radical (unpaired) electrons. The zero-order valence-electron chi connectivity index (χ0n) is 14.4. The smallest absolute Gasteiger partial charge is 0.410 e. The number of nitrogens with zero attached hydrogens (tertiary/aromatic N) is 2. The number of likely N-dealkylation sites (tertiary alicyclic amines) is 1. The van der Waals surface area contributed by atoms with Gasteiger partial charge in [-0.05, 0) is 52.7 Å². The van der Waals surface area contributed by atoms with Gasteiger partial charge in [-0.1, -0.05) is 0 Å². The molecule has 1 aromatic heterocycles. The molecular formula is C17H29N3O2. The molecule has 1 aliphatic heterocycles. The maximum absolute atomic E-state index is 12.1. The molecule has 1 atom stereocenters. The van der Waals surface area contributed by atoms with E-state index in [0.717, 1.165) is 25.9 Å². The molecule has 0 saturated carbocycles. The molecule has 1 unspecified atom stereocenters. The van der Waals surface area contributed by atoms with Crippen molar-refractivity contribution in [2.45, 2.75) is 58.2 Å². The summed E-state index contributed by atoms with van der Waals surface area (Å²) >= 11 is 0. The molecular weight excluding hydrogens is 278 g/mol. The van der Waals surface area contributed by atoms with Gasteiger partial charge in [0.1, 0.15) is 5.60 Å². The number of piperidine rings is 1. The number of ether oxygens (including phenoxy) is 1. The topological polar surface area (TPSA) is 48.6 Å². The van der Waals surface area contributed by atoms with E-state index in [1.807, 2.05) is 40.1 Å². The minimum absolute atomic E-state index is 0.219. The molecule has 2 rings (SSSR count). The lowest BCUT2D eigenvalue weighted by molar-refractivity contribution is 0.0133. The number of carbonyl (C=O) groups excluding carboxylic acids is 1. The number of rotatable bonds is 3. The first-order valence-electron chi connectivity index (χ1n) is 8.11. The summed E-state index contributed by atoms with van der Waals surface area (Å²) in [5.41, 5.74) is 0.813. The number of hydrogen-bond donors (Lipinski definition) is 1. The zero-order valence-corrected chi connectivity index (χ0v) is 14.4. The van der Waals surface area contributed by atoms with Crippen LogP contribution in [0.1, 0.15) is 52.3 Å². The molecule has 22 heavy (non-hydrogen) atoms. The summed E-state index contributed by atoms with van der Waals surface area (Å²) in [5.74, 6) is 0. The van der Waals surface area contributed by atoms with Gasteiger partial charge in [0.2, 0.25) is 0 Å². The number of carbonyl (C=O) groups is 1. The highest BCUT2D eigenvalue weighted by Crippen LogP contribution is 2.25. The first-order chi connectivity index (χ1) is 10.3. The van der Waals surface area contributed by atoms with Crippen LogP contribution in [0.25, 0.3) is 0 Å². The number of hydrogen-bond acceptors (Lipinski definition) is 3. The molecule has 5 heteroatoms. The van der Waals surface area contributed by atoms with Gasteiger partial charge >= 0.3 is 6.09 Å². The third kappa shape index (κ3) is 4.26. The highest BCUT2D eigenvalue weighted by molar-refractivity contribution is 5.68. The molecule has 1 amide bonds. The average Bonchev–Trinajstić information content (AvgIpc) is 2.98. The van der Waals surface area contributed by atoms with Gasteiger partial charge in [-0.2, -0.15) is 0 Å². The second kappa shape index (κ2) is 6.73. The predicted octanol–water partition coefficient (Wildman–Crippen LogP) is 3.41. The molecule has 1 aromatic rings. The van der Waals surface area contributed by atoms with E-state index in [4.69, 9.17) is 4.74 Å². The summed E-state index contributed by atoms with van der Waals surface area (Å²) in [7, 11) is 1.85. The van der Waals surface area contributed by atoms with E-state index in [9.17, 15) is 4.79 Å². The maximum atomic E-state index is 12.1. The zero-order chi connectivity index (χ0) is 16.3.